The minimum atomic E-state index is -0.246. The molecule has 1 saturated heterocycles. The summed E-state index contributed by atoms with van der Waals surface area (Å²) in [7, 11) is 0. The number of H-pyrrole nitrogens is 1. The van der Waals surface area contributed by atoms with Crippen LogP contribution in [0.1, 0.15) is 16.3 Å². The molecule has 1 aliphatic heterocycles. The van der Waals surface area contributed by atoms with Crippen molar-refractivity contribution in [2.24, 2.45) is 0 Å². The van der Waals surface area contributed by atoms with Crippen molar-refractivity contribution in [1.29, 1.82) is 0 Å². The van der Waals surface area contributed by atoms with Gasteiger partial charge in [-0.25, -0.2) is 9.97 Å². The summed E-state index contributed by atoms with van der Waals surface area (Å²) in [4.78, 5) is 27.5. The van der Waals surface area contributed by atoms with Gasteiger partial charge in [0.25, 0.3) is 5.91 Å². The zero-order valence-electron chi connectivity index (χ0n) is 16.6. The smallest absolute Gasteiger partial charge is 0.275 e. The van der Waals surface area contributed by atoms with Crippen molar-refractivity contribution in [1.82, 2.24) is 19.9 Å². The number of hydrogen-bond donors (Lipinski definition) is 2. The van der Waals surface area contributed by atoms with Crippen molar-refractivity contribution in [3.05, 3.63) is 64.4 Å². The van der Waals surface area contributed by atoms with Crippen molar-refractivity contribution >= 4 is 45.6 Å². The number of rotatable bonds is 5. The lowest BCUT2D eigenvalue weighted by Gasteiger charge is -2.25. The number of benzene rings is 2. The van der Waals surface area contributed by atoms with Gasteiger partial charge in [-0.05, 0) is 30.3 Å². The molecule has 4 aromatic rings. The van der Waals surface area contributed by atoms with Gasteiger partial charge in [0.15, 0.2) is 0 Å². The molecule has 0 radical (unpaired) electrons. The molecule has 2 aromatic heterocycles. The van der Waals surface area contributed by atoms with Crippen LogP contribution in [0.25, 0.3) is 21.6 Å². The second-order valence-corrected chi connectivity index (χ2v) is 8.60. The van der Waals surface area contributed by atoms with Crippen LogP contribution in [-0.2, 0) is 11.3 Å². The summed E-state index contributed by atoms with van der Waals surface area (Å²) in [6, 6.07) is 13.1. The highest BCUT2D eigenvalue weighted by molar-refractivity contribution is 7.13. The zero-order valence-corrected chi connectivity index (χ0v) is 18.2. The van der Waals surface area contributed by atoms with Crippen LogP contribution in [0.15, 0.2) is 47.8 Å². The Hall–Kier alpha value is -2.78. The summed E-state index contributed by atoms with van der Waals surface area (Å²) in [5, 5.41) is 6.13. The van der Waals surface area contributed by atoms with E-state index in [4.69, 9.17) is 16.3 Å². The molecule has 5 rings (SSSR count). The lowest BCUT2D eigenvalue weighted by Crippen LogP contribution is -2.35. The largest absolute Gasteiger partial charge is 0.379 e. The summed E-state index contributed by atoms with van der Waals surface area (Å²) in [5.74, 6) is 0.663. The van der Waals surface area contributed by atoms with Gasteiger partial charge in [-0.1, -0.05) is 23.7 Å². The van der Waals surface area contributed by atoms with Gasteiger partial charge in [0, 0.05) is 34.7 Å². The van der Waals surface area contributed by atoms with Gasteiger partial charge < -0.3 is 15.0 Å². The number of fused-ring (bicyclic) bond motifs is 1. The molecule has 2 N–H and O–H groups in total. The number of morpholine rings is 1. The normalized spacial score (nSPS) is 14.7. The number of thiazole rings is 1. The molecule has 2 aromatic carbocycles. The Labute approximate surface area is 188 Å². The molecule has 9 heteroatoms. The second kappa shape index (κ2) is 8.76. The van der Waals surface area contributed by atoms with Crippen molar-refractivity contribution in [3.8, 4) is 10.6 Å². The lowest BCUT2D eigenvalue weighted by atomic mass is 10.2. The van der Waals surface area contributed by atoms with E-state index in [1.807, 2.05) is 42.5 Å². The van der Waals surface area contributed by atoms with Crippen molar-refractivity contribution in [2.45, 2.75) is 6.54 Å². The average Bonchev–Trinajstić information content (AvgIpc) is 3.42. The predicted molar refractivity (Wildman–Crippen MR) is 123 cm³/mol. The van der Waals surface area contributed by atoms with Gasteiger partial charge in [0.2, 0.25) is 0 Å². The van der Waals surface area contributed by atoms with E-state index in [2.05, 4.69) is 25.2 Å². The Morgan fingerprint density at radius 3 is 2.77 bits per heavy atom. The summed E-state index contributed by atoms with van der Waals surface area (Å²) in [6.45, 7) is 4.08. The van der Waals surface area contributed by atoms with Gasteiger partial charge in [0.05, 0.1) is 30.8 Å². The maximum atomic E-state index is 12.7. The molecule has 158 valence electrons. The molecule has 7 nitrogen and oxygen atoms in total. The first-order chi connectivity index (χ1) is 15.1. The SMILES string of the molecule is O=C(Nc1ccc2nc(CN3CCOCC3)[nH]c2c1)c1csc(-c2ccc(Cl)cc2)n1. The molecular weight excluding hydrogens is 434 g/mol. The van der Waals surface area contributed by atoms with Gasteiger partial charge >= 0.3 is 0 Å². The molecule has 0 aliphatic carbocycles. The Bertz CT molecular complexity index is 1210. The van der Waals surface area contributed by atoms with E-state index < -0.39 is 0 Å². The molecule has 0 saturated carbocycles. The maximum absolute atomic E-state index is 12.7. The van der Waals surface area contributed by atoms with E-state index in [1.165, 1.54) is 11.3 Å². The molecular formula is C22H20ClN5O2S. The molecule has 1 fully saturated rings. The topological polar surface area (TPSA) is 83.1 Å². The summed E-state index contributed by atoms with van der Waals surface area (Å²) >= 11 is 7.37. The first-order valence-electron chi connectivity index (χ1n) is 9.96. The Balaban J connectivity index is 1.28. The highest BCUT2D eigenvalue weighted by Gasteiger charge is 2.15. The number of aromatic nitrogens is 3. The first kappa shape index (κ1) is 20.1. The molecule has 0 atom stereocenters. The van der Waals surface area contributed by atoms with Crippen LogP contribution in [0, 0.1) is 0 Å². The highest BCUT2D eigenvalue weighted by atomic mass is 35.5. The van der Waals surface area contributed by atoms with Gasteiger partial charge in [-0.3, -0.25) is 9.69 Å². The van der Waals surface area contributed by atoms with Gasteiger partial charge in [-0.15, -0.1) is 11.3 Å². The average molecular weight is 454 g/mol. The number of carbonyl (C=O) groups excluding carboxylic acids is 1. The number of hydrogen-bond acceptors (Lipinski definition) is 6. The Kier molecular flexibility index (Phi) is 5.69. The van der Waals surface area contributed by atoms with Crippen LogP contribution in [0.3, 0.4) is 0 Å². The molecule has 1 aliphatic rings. The molecule has 0 spiro atoms. The number of nitrogens with zero attached hydrogens (tertiary/aromatic N) is 3. The first-order valence-corrected chi connectivity index (χ1v) is 11.2. The van der Waals surface area contributed by atoms with Crippen LogP contribution in [0.2, 0.25) is 5.02 Å². The summed E-state index contributed by atoms with van der Waals surface area (Å²) < 4.78 is 5.39. The van der Waals surface area contributed by atoms with Crippen molar-refractivity contribution < 1.29 is 9.53 Å². The van der Waals surface area contributed by atoms with Crippen LogP contribution in [0.4, 0.5) is 5.69 Å². The fraction of sp³-hybridized carbons (Fsp3) is 0.227. The van der Waals surface area contributed by atoms with E-state index in [1.54, 1.807) is 5.38 Å². The van der Waals surface area contributed by atoms with Crippen LogP contribution >= 0.6 is 22.9 Å². The van der Waals surface area contributed by atoms with Gasteiger partial charge in [0.1, 0.15) is 16.5 Å². The predicted octanol–water partition coefficient (Wildman–Crippen LogP) is 4.42. The second-order valence-electron chi connectivity index (χ2n) is 7.30. The fourth-order valence-electron chi connectivity index (χ4n) is 3.48. The molecule has 0 bridgehead atoms. The standard InChI is InChI=1S/C22H20ClN5O2S/c23-15-3-1-14(2-4-15)22-27-19(13-31-22)21(29)24-16-5-6-17-18(11-16)26-20(25-17)12-28-7-9-30-10-8-28/h1-6,11,13H,7-10,12H2,(H,24,29)(H,25,26). The number of amides is 1. The fourth-order valence-corrected chi connectivity index (χ4v) is 4.42. The summed E-state index contributed by atoms with van der Waals surface area (Å²) in [5.41, 5.74) is 3.77. The van der Waals surface area contributed by atoms with Gasteiger partial charge in [-0.2, -0.15) is 0 Å². The van der Waals surface area contributed by atoms with Crippen LogP contribution in [-0.4, -0.2) is 52.1 Å². The number of aromatic amines is 1. The quantitative estimate of drug-likeness (QED) is 0.467. The minimum absolute atomic E-state index is 0.246. The van der Waals surface area contributed by atoms with E-state index in [0.717, 1.165) is 60.3 Å². The highest BCUT2D eigenvalue weighted by Crippen LogP contribution is 2.26. The number of nitrogens with one attached hydrogen (secondary N) is 2. The third-order valence-corrected chi connectivity index (χ3v) is 6.24. The lowest BCUT2D eigenvalue weighted by molar-refractivity contribution is 0.0332. The zero-order chi connectivity index (χ0) is 21.2. The maximum Gasteiger partial charge on any atom is 0.275 e. The number of imidazole rings is 1. The van der Waals surface area contributed by atoms with Crippen LogP contribution in [0.5, 0.6) is 0 Å². The third-order valence-electron chi connectivity index (χ3n) is 5.09. The Morgan fingerprint density at radius 2 is 1.97 bits per heavy atom. The third kappa shape index (κ3) is 4.62. The minimum Gasteiger partial charge on any atom is -0.379 e. The number of halogens is 1. The number of carbonyl (C=O) groups is 1. The van der Waals surface area contributed by atoms with E-state index in [9.17, 15) is 4.79 Å². The Morgan fingerprint density at radius 1 is 1.16 bits per heavy atom. The van der Waals surface area contributed by atoms with Crippen LogP contribution < -0.4 is 5.32 Å². The van der Waals surface area contributed by atoms with E-state index in [0.29, 0.717) is 16.4 Å². The number of ether oxygens (including phenoxy) is 1. The molecule has 0 unspecified atom stereocenters. The molecule has 3 heterocycles. The molecule has 31 heavy (non-hydrogen) atoms. The molecule has 1 amide bonds. The van der Waals surface area contributed by atoms with Crippen molar-refractivity contribution in [2.75, 3.05) is 31.6 Å². The van der Waals surface area contributed by atoms with E-state index >= 15 is 0 Å². The van der Waals surface area contributed by atoms with E-state index in [-0.39, 0.29) is 5.91 Å². The monoisotopic (exact) mass is 453 g/mol. The summed E-state index contributed by atoms with van der Waals surface area (Å²) in [6.07, 6.45) is 0. The number of anilines is 1. The van der Waals surface area contributed by atoms with Crippen molar-refractivity contribution in [3.63, 3.8) is 0 Å².